The Morgan fingerprint density at radius 2 is 2.17 bits per heavy atom. The lowest BCUT2D eigenvalue weighted by Gasteiger charge is -2.19. The zero-order chi connectivity index (χ0) is 12.5. The summed E-state index contributed by atoms with van der Waals surface area (Å²) < 4.78 is 6.30. The number of likely N-dealkylation sites (tertiary alicyclic amines) is 1. The van der Waals surface area contributed by atoms with Gasteiger partial charge in [0.2, 0.25) is 5.89 Å². The highest BCUT2D eigenvalue weighted by molar-refractivity contribution is 8.23. The van der Waals surface area contributed by atoms with Gasteiger partial charge in [0.15, 0.2) is 5.82 Å². The zero-order valence-electron chi connectivity index (χ0n) is 10.5. The van der Waals surface area contributed by atoms with E-state index in [0.717, 1.165) is 23.2 Å². The fraction of sp³-hybridized carbons (Fsp3) is 0.750. The molecule has 1 saturated carbocycles. The molecule has 1 aromatic heterocycles. The second kappa shape index (κ2) is 5.17. The lowest BCUT2D eigenvalue weighted by Crippen LogP contribution is -2.23. The molecule has 0 unspecified atom stereocenters. The van der Waals surface area contributed by atoms with E-state index in [-0.39, 0.29) is 5.25 Å². The summed E-state index contributed by atoms with van der Waals surface area (Å²) in [6.07, 6.45) is 4.91. The Morgan fingerprint density at radius 3 is 2.83 bits per heavy atom. The highest BCUT2D eigenvalue weighted by Gasteiger charge is 2.30. The maximum Gasteiger partial charge on any atom is 0.239 e. The van der Waals surface area contributed by atoms with E-state index in [0.29, 0.717) is 11.8 Å². The summed E-state index contributed by atoms with van der Waals surface area (Å²) in [7, 11) is 0. The molecule has 98 valence electrons. The van der Waals surface area contributed by atoms with Crippen molar-refractivity contribution in [2.24, 2.45) is 0 Å². The monoisotopic (exact) mass is 283 g/mol. The van der Waals surface area contributed by atoms with Gasteiger partial charge in [-0.3, -0.25) is 0 Å². The molecule has 1 aliphatic carbocycles. The zero-order valence-corrected chi connectivity index (χ0v) is 12.1. The summed E-state index contributed by atoms with van der Waals surface area (Å²) in [6, 6.07) is 0. The second-order valence-corrected chi connectivity index (χ2v) is 6.96. The van der Waals surface area contributed by atoms with Crippen LogP contribution < -0.4 is 0 Å². The average Bonchev–Trinajstić information content (AvgIpc) is 2.91. The van der Waals surface area contributed by atoms with E-state index in [1.807, 2.05) is 0 Å². The molecule has 0 bridgehead atoms. The standard InChI is InChI=1S/C12H17N3OS2/c1-8(18-12(17)15-6-2-3-7-15)11-13-10(14-16-11)9-4-5-9/h8-9H,2-7H2,1H3/t8-/m0/s1. The molecule has 4 nitrogen and oxygen atoms in total. The number of nitrogens with zero attached hydrogens (tertiary/aromatic N) is 3. The van der Waals surface area contributed by atoms with Crippen LogP contribution in [0.4, 0.5) is 0 Å². The third kappa shape index (κ3) is 2.69. The van der Waals surface area contributed by atoms with Gasteiger partial charge in [0.05, 0.1) is 5.25 Å². The van der Waals surface area contributed by atoms with Crippen LogP contribution in [0.3, 0.4) is 0 Å². The first kappa shape index (κ1) is 12.4. The third-order valence-corrected chi connectivity index (χ3v) is 4.95. The fourth-order valence-corrected chi connectivity index (χ4v) is 3.54. The smallest absolute Gasteiger partial charge is 0.239 e. The van der Waals surface area contributed by atoms with E-state index in [9.17, 15) is 0 Å². The van der Waals surface area contributed by atoms with Gasteiger partial charge < -0.3 is 9.42 Å². The molecule has 2 heterocycles. The Morgan fingerprint density at radius 1 is 1.44 bits per heavy atom. The highest BCUT2D eigenvalue weighted by Crippen LogP contribution is 2.39. The SMILES string of the molecule is C[C@H](SC(=S)N1CCCC1)c1nc(C2CC2)no1. The molecular formula is C12H17N3OS2. The van der Waals surface area contributed by atoms with Gasteiger partial charge in [-0.15, -0.1) is 0 Å². The minimum Gasteiger partial charge on any atom is -0.358 e. The molecule has 0 aromatic carbocycles. The van der Waals surface area contributed by atoms with Crippen LogP contribution in [-0.2, 0) is 0 Å². The van der Waals surface area contributed by atoms with Crippen molar-refractivity contribution in [3.63, 3.8) is 0 Å². The summed E-state index contributed by atoms with van der Waals surface area (Å²) >= 11 is 7.12. The Kier molecular flexibility index (Phi) is 3.56. The van der Waals surface area contributed by atoms with Gasteiger partial charge in [0, 0.05) is 19.0 Å². The molecular weight excluding hydrogens is 266 g/mol. The Balaban J connectivity index is 1.58. The van der Waals surface area contributed by atoms with Gasteiger partial charge in [-0.2, -0.15) is 4.98 Å². The molecule has 1 saturated heterocycles. The largest absolute Gasteiger partial charge is 0.358 e. The molecule has 2 aliphatic rings. The molecule has 1 atom stereocenters. The molecule has 0 N–H and O–H groups in total. The number of hydrogen-bond acceptors (Lipinski definition) is 5. The Labute approximate surface area is 116 Å². The molecule has 1 aromatic rings. The van der Waals surface area contributed by atoms with Gasteiger partial charge >= 0.3 is 0 Å². The molecule has 0 spiro atoms. The number of hydrogen-bond donors (Lipinski definition) is 0. The molecule has 0 radical (unpaired) electrons. The van der Waals surface area contributed by atoms with Crippen LogP contribution >= 0.6 is 24.0 Å². The van der Waals surface area contributed by atoms with Crippen LogP contribution in [0, 0.1) is 0 Å². The summed E-state index contributed by atoms with van der Waals surface area (Å²) in [5.74, 6) is 2.14. The van der Waals surface area contributed by atoms with Crippen molar-refractivity contribution in [1.29, 1.82) is 0 Å². The van der Waals surface area contributed by atoms with E-state index in [2.05, 4.69) is 22.0 Å². The minimum absolute atomic E-state index is 0.151. The molecule has 18 heavy (non-hydrogen) atoms. The second-order valence-electron chi connectivity index (χ2n) is 4.99. The fourth-order valence-electron chi connectivity index (χ4n) is 2.10. The van der Waals surface area contributed by atoms with Crippen molar-refractivity contribution in [1.82, 2.24) is 15.0 Å². The molecule has 2 fully saturated rings. The van der Waals surface area contributed by atoms with Crippen LogP contribution in [-0.4, -0.2) is 32.5 Å². The number of thioether (sulfide) groups is 1. The lowest BCUT2D eigenvalue weighted by atomic mass is 10.4. The maximum absolute atomic E-state index is 5.46. The van der Waals surface area contributed by atoms with Gasteiger partial charge in [0.25, 0.3) is 0 Å². The molecule has 6 heteroatoms. The normalized spacial score (nSPS) is 21.3. The average molecular weight is 283 g/mol. The van der Waals surface area contributed by atoms with E-state index in [4.69, 9.17) is 16.7 Å². The minimum atomic E-state index is 0.151. The van der Waals surface area contributed by atoms with Crippen molar-refractivity contribution in [2.45, 2.75) is 43.8 Å². The van der Waals surface area contributed by atoms with Gasteiger partial charge in [-0.05, 0) is 32.6 Å². The van der Waals surface area contributed by atoms with Crippen molar-refractivity contribution in [3.05, 3.63) is 11.7 Å². The van der Waals surface area contributed by atoms with E-state index < -0.39 is 0 Å². The van der Waals surface area contributed by atoms with Crippen molar-refractivity contribution >= 4 is 28.3 Å². The Hall–Kier alpha value is -0.620. The van der Waals surface area contributed by atoms with E-state index in [1.165, 1.54) is 25.7 Å². The lowest BCUT2D eigenvalue weighted by molar-refractivity contribution is 0.375. The van der Waals surface area contributed by atoms with E-state index in [1.54, 1.807) is 11.8 Å². The predicted molar refractivity (Wildman–Crippen MR) is 75.7 cm³/mol. The highest BCUT2D eigenvalue weighted by atomic mass is 32.2. The van der Waals surface area contributed by atoms with Crippen molar-refractivity contribution in [2.75, 3.05) is 13.1 Å². The third-order valence-electron chi connectivity index (χ3n) is 3.39. The first-order chi connectivity index (χ1) is 8.74. The van der Waals surface area contributed by atoms with Crippen molar-refractivity contribution in [3.8, 4) is 0 Å². The molecule has 0 amide bonds. The van der Waals surface area contributed by atoms with Gasteiger partial charge in [-0.25, -0.2) is 0 Å². The van der Waals surface area contributed by atoms with Gasteiger partial charge in [-0.1, -0.05) is 29.1 Å². The van der Waals surface area contributed by atoms with Crippen LogP contribution in [0.2, 0.25) is 0 Å². The van der Waals surface area contributed by atoms with Crippen LogP contribution in [0.5, 0.6) is 0 Å². The van der Waals surface area contributed by atoms with E-state index >= 15 is 0 Å². The van der Waals surface area contributed by atoms with Crippen molar-refractivity contribution < 1.29 is 4.52 Å². The molecule has 1 aliphatic heterocycles. The summed E-state index contributed by atoms with van der Waals surface area (Å²) in [6.45, 7) is 4.27. The van der Waals surface area contributed by atoms with Crippen LogP contribution in [0.25, 0.3) is 0 Å². The topological polar surface area (TPSA) is 42.2 Å². The number of aromatic nitrogens is 2. The maximum atomic E-state index is 5.46. The summed E-state index contributed by atoms with van der Waals surface area (Å²) in [5.41, 5.74) is 0. The number of thiocarbonyl (C=S) groups is 1. The predicted octanol–water partition coefficient (Wildman–Crippen LogP) is 3.12. The summed E-state index contributed by atoms with van der Waals surface area (Å²) in [4.78, 5) is 6.75. The van der Waals surface area contributed by atoms with Crippen LogP contribution in [0.1, 0.15) is 55.5 Å². The van der Waals surface area contributed by atoms with Crippen LogP contribution in [0.15, 0.2) is 4.52 Å². The quantitative estimate of drug-likeness (QED) is 0.794. The summed E-state index contributed by atoms with van der Waals surface area (Å²) in [5, 5.41) is 4.20. The van der Waals surface area contributed by atoms with Gasteiger partial charge in [0.1, 0.15) is 4.32 Å². The number of rotatable bonds is 3. The Bertz CT molecular complexity index is 438. The first-order valence-corrected chi connectivity index (χ1v) is 7.82. The molecule has 3 rings (SSSR count). The first-order valence-electron chi connectivity index (χ1n) is 6.53.